The van der Waals surface area contributed by atoms with Crippen molar-refractivity contribution in [3.05, 3.63) is 35.2 Å². The minimum absolute atomic E-state index is 0.188. The molecule has 1 aromatic carbocycles. The van der Waals surface area contributed by atoms with Crippen LogP contribution in [0.15, 0.2) is 24.5 Å². The smallest absolute Gasteiger partial charge is 0.271 e. The molecule has 1 amide bonds. The van der Waals surface area contributed by atoms with Gasteiger partial charge in [0.1, 0.15) is 23.0 Å². The lowest BCUT2D eigenvalue weighted by molar-refractivity contribution is 0.0922. The number of nitrogens with one attached hydrogen (secondary N) is 2. The van der Waals surface area contributed by atoms with Crippen LogP contribution in [0.4, 0.5) is 11.5 Å². The second-order valence-electron chi connectivity index (χ2n) is 6.41. The summed E-state index contributed by atoms with van der Waals surface area (Å²) in [4.78, 5) is 20.8. The van der Waals surface area contributed by atoms with E-state index < -0.39 is 0 Å². The quantitative estimate of drug-likeness (QED) is 0.776. The van der Waals surface area contributed by atoms with Crippen molar-refractivity contribution < 1.29 is 14.3 Å². The average Bonchev–Trinajstić information content (AvgIpc) is 2.70. The summed E-state index contributed by atoms with van der Waals surface area (Å²) in [5.74, 6) is 1.34. The number of amides is 1. The van der Waals surface area contributed by atoms with Gasteiger partial charge in [0.2, 0.25) is 0 Å². The van der Waals surface area contributed by atoms with E-state index in [2.05, 4.69) is 20.6 Å². The first kappa shape index (κ1) is 19.2. The predicted molar refractivity (Wildman–Crippen MR) is 104 cm³/mol. The SMILES string of the molecule is COc1cc(Nc2cnc(C(=O)NC3CCCCC3)cn2)c(OC)cc1Cl. The highest BCUT2D eigenvalue weighted by molar-refractivity contribution is 6.32. The fraction of sp³-hybridized carbons (Fsp3) is 0.421. The van der Waals surface area contributed by atoms with Crippen molar-refractivity contribution >= 4 is 29.0 Å². The first-order chi connectivity index (χ1) is 13.1. The summed E-state index contributed by atoms with van der Waals surface area (Å²) in [6.45, 7) is 0. The molecule has 1 aliphatic carbocycles. The zero-order valence-corrected chi connectivity index (χ0v) is 16.2. The fourth-order valence-electron chi connectivity index (χ4n) is 3.11. The van der Waals surface area contributed by atoms with Gasteiger partial charge >= 0.3 is 0 Å². The van der Waals surface area contributed by atoms with E-state index >= 15 is 0 Å². The number of carbonyl (C=O) groups is 1. The van der Waals surface area contributed by atoms with E-state index in [1.54, 1.807) is 19.2 Å². The van der Waals surface area contributed by atoms with Crippen LogP contribution in [0.2, 0.25) is 5.02 Å². The number of ether oxygens (including phenoxy) is 2. The lowest BCUT2D eigenvalue weighted by Gasteiger charge is -2.22. The summed E-state index contributed by atoms with van der Waals surface area (Å²) in [5.41, 5.74) is 0.930. The maximum atomic E-state index is 12.3. The van der Waals surface area contributed by atoms with Crippen molar-refractivity contribution in [3.63, 3.8) is 0 Å². The Hall–Kier alpha value is -2.54. The van der Waals surface area contributed by atoms with Crippen LogP contribution in [0.25, 0.3) is 0 Å². The minimum atomic E-state index is -0.188. The number of nitrogens with zero attached hydrogens (tertiary/aromatic N) is 2. The van der Waals surface area contributed by atoms with Crippen LogP contribution in [0, 0.1) is 0 Å². The molecule has 3 rings (SSSR count). The van der Waals surface area contributed by atoms with Gasteiger partial charge in [-0.25, -0.2) is 9.97 Å². The number of benzene rings is 1. The molecule has 0 aliphatic heterocycles. The van der Waals surface area contributed by atoms with Gasteiger partial charge in [0, 0.05) is 18.2 Å². The number of carbonyl (C=O) groups excluding carboxylic acids is 1. The van der Waals surface area contributed by atoms with Crippen molar-refractivity contribution in [2.45, 2.75) is 38.1 Å². The van der Waals surface area contributed by atoms with Gasteiger partial charge < -0.3 is 20.1 Å². The van der Waals surface area contributed by atoms with Crippen LogP contribution >= 0.6 is 11.6 Å². The topological polar surface area (TPSA) is 85.4 Å². The Morgan fingerprint density at radius 1 is 1.07 bits per heavy atom. The number of anilines is 2. The third-order valence-electron chi connectivity index (χ3n) is 4.56. The third-order valence-corrected chi connectivity index (χ3v) is 4.86. The van der Waals surface area contributed by atoms with E-state index in [1.807, 2.05) is 0 Å². The molecule has 0 radical (unpaired) electrons. The summed E-state index contributed by atoms with van der Waals surface area (Å²) in [5, 5.41) is 6.58. The van der Waals surface area contributed by atoms with Crippen LogP contribution in [0.1, 0.15) is 42.6 Å². The summed E-state index contributed by atoms with van der Waals surface area (Å²) in [7, 11) is 3.09. The summed E-state index contributed by atoms with van der Waals surface area (Å²) < 4.78 is 10.6. The molecule has 0 bridgehead atoms. The van der Waals surface area contributed by atoms with Gasteiger partial charge in [0.15, 0.2) is 0 Å². The number of hydrogen-bond donors (Lipinski definition) is 2. The maximum absolute atomic E-state index is 12.3. The van der Waals surface area contributed by atoms with Gasteiger partial charge in [-0.2, -0.15) is 0 Å². The van der Waals surface area contributed by atoms with Gasteiger partial charge in [-0.3, -0.25) is 4.79 Å². The zero-order valence-electron chi connectivity index (χ0n) is 15.4. The molecule has 0 unspecified atom stereocenters. The van der Waals surface area contributed by atoms with Crippen molar-refractivity contribution in [3.8, 4) is 11.5 Å². The van der Waals surface area contributed by atoms with Crippen LogP contribution in [-0.4, -0.2) is 36.1 Å². The Kier molecular flexibility index (Phi) is 6.34. The third kappa shape index (κ3) is 4.80. The normalized spacial score (nSPS) is 14.5. The van der Waals surface area contributed by atoms with E-state index in [4.69, 9.17) is 21.1 Å². The molecule has 0 atom stereocenters. The molecule has 1 heterocycles. The van der Waals surface area contributed by atoms with Gasteiger partial charge in [0.25, 0.3) is 5.91 Å². The van der Waals surface area contributed by atoms with E-state index in [0.717, 1.165) is 25.7 Å². The molecule has 0 spiro atoms. The molecule has 1 aromatic heterocycles. The van der Waals surface area contributed by atoms with E-state index in [1.165, 1.54) is 25.9 Å². The highest BCUT2D eigenvalue weighted by Crippen LogP contribution is 2.36. The van der Waals surface area contributed by atoms with Gasteiger partial charge in [-0.05, 0) is 12.8 Å². The number of hydrogen-bond acceptors (Lipinski definition) is 6. The van der Waals surface area contributed by atoms with Crippen molar-refractivity contribution in [1.29, 1.82) is 0 Å². The molecule has 144 valence electrons. The van der Waals surface area contributed by atoms with E-state index in [0.29, 0.717) is 33.7 Å². The Bertz CT molecular complexity index is 792. The first-order valence-corrected chi connectivity index (χ1v) is 9.30. The molecule has 0 saturated heterocycles. The monoisotopic (exact) mass is 390 g/mol. The predicted octanol–water partition coefficient (Wildman–Crippen LogP) is 3.95. The average molecular weight is 391 g/mol. The van der Waals surface area contributed by atoms with Gasteiger partial charge in [-0.15, -0.1) is 0 Å². The molecular weight excluding hydrogens is 368 g/mol. The van der Waals surface area contributed by atoms with E-state index in [9.17, 15) is 4.79 Å². The van der Waals surface area contributed by atoms with Crippen LogP contribution in [0.5, 0.6) is 11.5 Å². The zero-order chi connectivity index (χ0) is 19.2. The summed E-state index contributed by atoms with van der Waals surface area (Å²) in [6, 6.07) is 3.60. The van der Waals surface area contributed by atoms with Crippen LogP contribution in [-0.2, 0) is 0 Å². The first-order valence-electron chi connectivity index (χ1n) is 8.92. The molecule has 27 heavy (non-hydrogen) atoms. The highest BCUT2D eigenvalue weighted by atomic mass is 35.5. The minimum Gasteiger partial charge on any atom is -0.495 e. The molecule has 8 heteroatoms. The number of rotatable bonds is 6. The molecule has 2 aromatic rings. The Balaban J connectivity index is 1.69. The van der Waals surface area contributed by atoms with Gasteiger partial charge in [-0.1, -0.05) is 30.9 Å². The molecule has 1 saturated carbocycles. The Morgan fingerprint density at radius 3 is 2.44 bits per heavy atom. The van der Waals surface area contributed by atoms with Crippen LogP contribution < -0.4 is 20.1 Å². The number of methoxy groups -OCH3 is 2. The highest BCUT2D eigenvalue weighted by Gasteiger charge is 2.18. The van der Waals surface area contributed by atoms with Crippen LogP contribution in [0.3, 0.4) is 0 Å². The maximum Gasteiger partial charge on any atom is 0.271 e. The number of halogens is 1. The Labute approximate surface area is 163 Å². The molecule has 1 fully saturated rings. The molecule has 7 nitrogen and oxygen atoms in total. The lowest BCUT2D eigenvalue weighted by Crippen LogP contribution is -2.36. The second-order valence-corrected chi connectivity index (χ2v) is 6.81. The van der Waals surface area contributed by atoms with Crippen molar-refractivity contribution in [2.75, 3.05) is 19.5 Å². The summed E-state index contributed by atoms with van der Waals surface area (Å²) >= 11 is 6.11. The van der Waals surface area contributed by atoms with Crippen molar-refractivity contribution in [2.24, 2.45) is 0 Å². The fourth-order valence-corrected chi connectivity index (χ4v) is 3.34. The largest absolute Gasteiger partial charge is 0.495 e. The van der Waals surface area contributed by atoms with Gasteiger partial charge in [0.05, 0.1) is 37.3 Å². The van der Waals surface area contributed by atoms with E-state index in [-0.39, 0.29) is 11.9 Å². The molecule has 2 N–H and O–H groups in total. The number of aromatic nitrogens is 2. The lowest BCUT2D eigenvalue weighted by atomic mass is 9.95. The van der Waals surface area contributed by atoms with Crippen molar-refractivity contribution in [1.82, 2.24) is 15.3 Å². The molecule has 1 aliphatic rings. The molecular formula is C19H23ClN4O3. The standard InChI is InChI=1S/C19H23ClN4O3/c1-26-16-9-14(17(27-2)8-13(16)20)24-18-11-21-15(10-22-18)19(25)23-12-6-4-3-5-7-12/h8-12H,3-7H2,1-2H3,(H,22,24)(H,23,25). The second kappa shape index (κ2) is 8.90. The summed E-state index contributed by atoms with van der Waals surface area (Å²) in [6.07, 6.45) is 8.58. The Morgan fingerprint density at radius 2 is 1.81 bits per heavy atom.